The van der Waals surface area contributed by atoms with Crippen molar-refractivity contribution in [2.24, 2.45) is 0 Å². The number of carboxylic acid groups (broad SMARTS) is 1. The number of hydrogen-bond donors (Lipinski definition) is 1. The van der Waals surface area contributed by atoms with Gasteiger partial charge in [-0.05, 0) is 50.7 Å². The van der Waals surface area contributed by atoms with Gasteiger partial charge < -0.3 is 5.11 Å². The van der Waals surface area contributed by atoms with Gasteiger partial charge in [-0.2, -0.15) is 0 Å². The average molecular weight is 345 g/mol. The number of carboxylic acids is 1. The van der Waals surface area contributed by atoms with E-state index in [9.17, 15) is 9.18 Å². The lowest BCUT2D eigenvalue weighted by Crippen LogP contribution is -2.03. The number of carbonyl (C=O) groups is 1. The molecule has 0 aliphatic rings. The van der Waals surface area contributed by atoms with E-state index >= 15 is 0 Å². The maximum Gasteiger partial charge on any atom is 0.339 e. The quantitative estimate of drug-likeness (QED) is 0.628. The molecule has 2 nitrogen and oxygen atoms in total. The molecule has 1 N–H and O–H groups in total. The van der Waals surface area contributed by atoms with Gasteiger partial charge in [0.15, 0.2) is 5.82 Å². The Bertz CT molecular complexity index is 340. The molecule has 0 saturated carbocycles. The van der Waals surface area contributed by atoms with Crippen molar-refractivity contribution in [3.63, 3.8) is 0 Å². The highest BCUT2D eigenvalue weighted by Crippen LogP contribution is 2.23. The third kappa shape index (κ3) is 1.77. The highest BCUT2D eigenvalue weighted by Gasteiger charge is 2.16. The zero-order valence-corrected chi connectivity index (χ0v) is 9.39. The van der Waals surface area contributed by atoms with Gasteiger partial charge in [-0.15, -0.1) is 0 Å². The predicted molar refractivity (Wildman–Crippen MR) is 53.8 cm³/mol. The fourth-order valence-electron chi connectivity index (χ4n) is 0.723. The molecule has 0 bridgehead atoms. The Hall–Kier alpha value is -0.170. The second kappa shape index (κ2) is 3.69. The molecule has 0 aliphatic carbocycles. The molecule has 0 heterocycles. The van der Waals surface area contributed by atoms with Crippen LogP contribution in [0.15, 0.2) is 16.6 Å². The summed E-state index contributed by atoms with van der Waals surface area (Å²) in [6.45, 7) is 0. The van der Waals surface area contributed by atoms with Crippen molar-refractivity contribution in [2.45, 2.75) is 0 Å². The van der Waals surface area contributed by atoms with Crippen LogP contribution in [-0.4, -0.2) is 11.1 Å². The van der Waals surface area contributed by atoms with Crippen LogP contribution >= 0.6 is 38.5 Å². The van der Waals surface area contributed by atoms with Crippen LogP contribution in [0.4, 0.5) is 4.39 Å². The minimum Gasteiger partial charge on any atom is -0.478 e. The van der Waals surface area contributed by atoms with Crippen LogP contribution in [-0.2, 0) is 0 Å². The molecule has 1 aromatic rings. The Balaban J connectivity index is 3.43. The van der Waals surface area contributed by atoms with Gasteiger partial charge in [-0.1, -0.05) is 0 Å². The number of halogens is 3. The molecule has 5 heteroatoms. The molecule has 0 unspecified atom stereocenters. The molecule has 0 radical (unpaired) electrons. The summed E-state index contributed by atoms with van der Waals surface area (Å²) < 4.78 is 13.7. The van der Waals surface area contributed by atoms with Crippen molar-refractivity contribution in [3.8, 4) is 0 Å². The summed E-state index contributed by atoms with van der Waals surface area (Å²) in [7, 11) is 0. The summed E-state index contributed by atoms with van der Waals surface area (Å²) in [4.78, 5) is 10.5. The third-order valence-electron chi connectivity index (χ3n) is 1.26. The topological polar surface area (TPSA) is 37.3 Å². The van der Waals surface area contributed by atoms with Crippen LogP contribution in [0.3, 0.4) is 0 Å². The summed E-state index contributed by atoms with van der Waals surface area (Å²) in [5.74, 6) is -1.96. The summed E-state index contributed by atoms with van der Waals surface area (Å²) >= 11 is 4.70. The smallest absolute Gasteiger partial charge is 0.339 e. The predicted octanol–water partition coefficient (Wildman–Crippen LogP) is 2.89. The van der Waals surface area contributed by atoms with Crippen molar-refractivity contribution in [1.29, 1.82) is 0 Å². The van der Waals surface area contributed by atoms with E-state index in [1.54, 1.807) is 22.6 Å². The zero-order chi connectivity index (χ0) is 9.30. The van der Waals surface area contributed by atoms with Gasteiger partial charge in [0.1, 0.15) is 5.56 Å². The van der Waals surface area contributed by atoms with E-state index < -0.39 is 11.8 Å². The molecule has 1 rings (SSSR count). The van der Waals surface area contributed by atoms with Gasteiger partial charge in [0.2, 0.25) is 0 Å². The van der Waals surface area contributed by atoms with E-state index in [1.807, 2.05) is 0 Å². The summed E-state index contributed by atoms with van der Waals surface area (Å²) in [6.07, 6.45) is 0. The van der Waals surface area contributed by atoms with E-state index in [0.29, 0.717) is 3.57 Å². The van der Waals surface area contributed by atoms with Crippen LogP contribution in [0.2, 0.25) is 0 Å². The molecule has 12 heavy (non-hydrogen) atoms. The van der Waals surface area contributed by atoms with Crippen molar-refractivity contribution < 1.29 is 14.3 Å². The van der Waals surface area contributed by atoms with Gasteiger partial charge >= 0.3 is 5.97 Å². The standard InChI is InChI=1S/C7H3BrFIO2/c8-3-1-2-4(10)6(9)5(3)7(11)12/h1-2H,(H,11,12). The molecule has 0 fully saturated rings. The van der Waals surface area contributed by atoms with Crippen LogP contribution in [0, 0.1) is 9.39 Å². The summed E-state index contributed by atoms with van der Waals surface area (Å²) in [5.41, 5.74) is -0.318. The first-order chi connectivity index (χ1) is 5.54. The Labute approximate surface area is 90.0 Å². The van der Waals surface area contributed by atoms with Crippen LogP contribution in [0.25, 0.3) is 0 Å². The number of aromatic carboxylic acids is 1. The molecule has 0 aliphatic heterocycles. The molecule has 0 spiro atoms. The monoisotopic (exact) mass is 344 g/mol. The van der Waals surface area contributed by atoms with Gasteiger partial charge in [0.25, 0.3) is 0 Å². The third-order valence-corrected chi connectivity index (χ3v) is 2.75. The Morgan fingerprint density at radius 3 is 2.58 bits per heavy atom. The van der Waals surface area contributed by atoms with Crippen molar-refractivity contribution in [1.82, 2.24) is 0 Å². The first-order valence-corrected chi connectivity index (χ1v) is 4.78. The fraction of sp³-hybridized carbons (Fsp3) is 0. The van der Waals surface area contributed by atoms with Gasteiger partial charge in [0.05, 0.1) is 0 Å². The highest BCUT2D eigenvalue weighted by molar-refractivity contribution is 14.1. The van der Waals surface area contributed by atoms with E-state index in [-0.39, 0.29) is 10.0 Å². The minimum atomic E-state index is -1.27. The fourth-order valence-corrected chi connectivity index (χ4v) is 1.65. The van der Waals surface area contributed by atoms with E-state index in [4.69, 9.17) is 5.11 Å². The van der Waals surface area contributed by atoms with Crippen molar-refractivity contribution in [3.05, 3.63) is 31.6 Å². The molecule has 0 aromatic heterocycles. The normalized spacial score (nSPS) is 9.92. The SMILES string of the molecule is O=C(O)c1c(Br)ccc(I)c1F. The highest BCUT2D eigenvalue weighted by atomic mass is 127. The van der Waals surface area contributed by atoms with Gasteiger partial charge in [0, 0.05) is 8.04 Å². The lowest BCUT2D eigenvalue weighted by atomic mass is 10.2. The Morgan fingerprint density at radius 1 is 1.58 bits per heavy atom. The number of rotatable bonds is 1. The second-order valence-electron chi connectivity index (χ2n) is 2.02. The molecule has 0 atom stereocenters. The summed E-state index contributed by atoms with van der Waals surface area (Å²) in [5, 5.41) is 8.60. The van der Waals surface area contributed by atoms with Crippen molar-refractivity contribution in [2.75, 3.05) is 0 Å². The molecular weight excluding hydrogens is 342 g/mol. The largest absolute Gasteiger partial charge is 0.478 e. The van der Waals surface area contributed by atoms with E-state index in [0.717, 1.165) is 0 Å². The lowest BCUT2D eigenvalue weighted by Gasteiger charge is -2.01. The zero-order valence-electron chi connectivity index (χ0n) is 5.64. The molecule has 0 saturated heterocycles. The minimum absolute atomic E-state index is 0.257. The molecule has 0 amide bonds. The van der Waals surface area contributed by atoms with E-state index in [2.05, 4.69) is 15.9 Å². The van der Waals surface area contributed by atoms with Crippen LogP contribution < -0.4 is 0 Å². The van der Waals surface area contributed by atoms with Crippen LogP contribution in [0.1, 0.15) is 10.4 Å². The maximum atomic E-state index is 13.1. The maximum absolute atomic E-state index is 13.1. The van der Waals surface area contributed by atoms with Crippen molar-refractivity contribution >= 4 is 44.5 Å². The molecule has 64 valence electrons. The Morgan fingerprint density at radius 2 is 2.17 bits per heavy atom. The average Bonchev–Trinajstić information content (AvgIpc) is 1.97. The lowest BCUT2D eigenvalue weighted by molar-refractivity contribution is 0.0690. The van der Waals surface area contributed by atoms with E-state index in [1.165, 1.54) is 12.1 Å². The van der Waals surface area contributed by atoms with Gasteiger partial charge in [-0.25, -0.2) is 9.18 Å². The summed E-state index contributed by atoms with van der Waals surface area (Å²) in [6, 6.07) is 3.01. The number of benzene rings is 1. The van der Waals surface area contributed by atoms with Gasteiger partial charge in [-0.3, -0.25) is 0 Å². The van der Waals surface area contributed by atoms with Crippen LogP contribution in [0.5, 0.6) is 0 Å². The second-order valence-corrected chi connectivity index (χ2v) is 4.04. The Kier molecular flexibility index (Phi) is 3.05. The molecular formula is C7H3BrFIO2. The molecule has 1 aromatic carbocycles. The first-order valence-electron chi connectivity index (χ1n) is 2.91. The number of hydrogen-bond acceptors (Lipinski definition) is 1. The first kappa shape index (κ1) is 9.91.